The van der Waals surface area contributed by atoms with Gasteiger partial charge in [0.25, 0.3) is 0 Å². The van der Waals surface area contributed by atoms with Crippen molar-refractivity contribution in [1.29, 1.82) is 0 Å². The second kappa shape index (κ2) is 9.08. The predicted molar refractivity (Wildman–Crippen MR) is 104 cm³/mol. The molecule has 2 saturated heterocycles. The minimum Gasteiger partial charge on any atom is -0.376 e. The number of amides is 1. The van der Waals surface area contributed by atoms with E-state index in [1.165, 1.54) is 24.6 Å². The first kappa shape index (κ1) is 19.5. The Balaban J connectivity index is 1.71. The van der Waals surface area contributed by atoms with Gasteiger partial charge in [0, 0.05) is 25.7 Å². The smallest absolute Gasteiger partial charge is 0.230 e. The van der Waals surface area contributed by atoms with Gasteiger partial charge in [-0.25, -0.2) is 0 Å². The Hall–Kier alpha value is -1.28. The standard InChI is InChI=1S/C18H31N5O2S/c1-13(2)19-16(24)12-26-18-21-20-17(22-8-6-14(3)7-9-22)23(18)11-15-5-4-10-25-15/h13-15H,4-12H2,1-3H3,(H,19,24). The highest BCUT2D eigenvalue weighted by molar-refractivity contribution is 7.99. The molecule has 3 heterocycles. The fourth-order valence-electron chi connectivity index (χ4n) is 3.48. The van der Waals surface area contributed by atoms with Gasteiger partial charge in [0.05, 0.1) is 18.4 Å². The highest BCUT2D eigenvalue weighted by Gasteiger charge is 2.26. The molecule has 0 aliphatic carbocycles. The number of thioether (sulfide) groups is 1. The highest BCUT2D eigenvalue weighted by Crippen LogP contribution is 2.27. The molecule has 0 aromatic carbocycles. The maximum absolute atomic E-state index is 12.0. The number of carbonyl (C=O) groups is 1. The lowest BCUT2D eigenvalue weighted by Crippen LogP contribution is -2.35. The molecular weight excluding hydrogens is 350 g/mol. The molecule has 1 N–H and O–H groups in total. The largest absolute Gasteiger partial charge is 0.376 e. The third-order valence-corrected chi connectivity index (χ3v) is 5.92. The van der Waals surface area contributed by atoms with Crippen LogP contribution in [0.15, 0.2) is 5.16 Å². The van der Waals surface area contributed by atoms with Crippen LogP contribution in [0, 0.1) is 5.92 Å². The van der Waals surface area contributed by atoms with Crippen LogP contribution in [-0.2, 0) is 16.1 Å². The number of hydrogen-bond donors (Lipinski definition) is 1. The van der Waals surface area contributed by atoms with Crippen LogP contribution < -0.4 is 10.2 Å². The fourth-order valence-corrected chi connectivity index (χ4v) is 4.23. The highest BCUT2D eigenvalue weighted by atomic mass is 32.2. The summed E-state index contributed by atoms with van der Waals surface area (Å²) in [7, 11) is 0. The second-order valence-corrected chi connectivity index (χ2v) is 8.65. The molecule has 2 aliphatic rings. The van der Waals surface area contributed by atoms with E-state index in [4.69, 9.17) is 4.74 Å². The molecule has 1 aromatic heterocycles. The predicted octanol–water partition coefficient (Wildman–Crippen LogP) is 2.31. The van der Waals surface area contributed by atoms with Crippen molar-refractivity contribution in [2.75, 3.05) is 30.3 Å². The molecule has 146 valence electrons. The van der Waals surface area contributed by atoms with Crippen molar-refractivity contribution in [2.24, 2.45) is 5.92 Å². The molecule has 2 fully saturated rings. The minimum atomic E-state index is 0.0324. The lowest BCUT2D eigenvalue weighted by molar-refractivity contribution is -0.119. The van der Waals surface area contributed by atoms with Crippen molar-refractivity contribution in [3.8, 4) is 0 Å². The van der Waals surface area contributed by atoms with E-state index in [9.17, 15) is 4.79 Å². The molecule has 0 radical (unpaired) electrons. The Bertz CT molecular complexity index is 592. The van der Waals surface area contributed by atoms with Gasteiger partial charge in [-0.1, -0.05) is 18.7 Å². The molecule has 0 bridgehead atoms. The van der Waals surface area contributed by atoms with Gasteiger partial charge in [0.1, 0.15) is 0 Å². The molecule has 1 amide bonds. The number of anilines is 1. The number of aromatic nitrogens is 3. The van der Waals surface area contributed by atoms with Gasteiger partial charge in [0.2, 0.25) is 11.9 Å². The third-order valence-electron chi connectivity index (χ3n) is 4.96. The van der Waals surface area contributed by atoms with Crippen molar-refractivity contribution in [3.05, 3.63) is 0 Å². The van der Waals surface area contributed by atoms with E-state index in [2.05, 4.69) is 31.9 Å². The average Bonchev–Trinajstić information content (AvgIpc) is 3.24. The summed E-state index contributed by atoms with van der Waals surface area (Å²) in [5.41, 5.74) is 0. The summed E-state index contributed by atoms with van der Waals surface area (Å²) >= 11 is 1.46. The second-order valence-electron chi connectivity index (χ2n) is 7.71. The van der Waals surface area contributed by atoms with Gasteiger partial charge in [-0.15, -0.1) is 10.2 Å². The zero-order valence-corrected chi connectivity index (χ0v) is 16.9. The van der Waals surface area contributed by atoms with E-state index in [-0.39, 0.29) is 18.1 Å². The quantitative estimate of drug-likeness (QED) is 0.731. The average molecular weight is 382 g/mol. The summed E-state index contributed by atoms with van der Waals surface area (Å²) in [5.74, 6) is 2.09. The van der Waals surface area contributed by atoms with Crippen molar-refractivity contribution >= 4 is 23.6 Å². The van der Waals surface area contributed by atoms with Gasteiger partial charge >= 0.3 is 0 Å². The molecule has 1 atom stereocenters. The van der Waals surface area contributed by atoms with Crippen molar-refractivity contribution < 1.29 is 9.53 Å². The van der Waals surface area contributed by atoms with Gasteiger partial charge in [0.15, 0.2) is 5.16 Å². The number of piperidine rings is 1. The van der Waals surface area contributed by atoms with Crippen LogP contribution in [0.25, 0.3) is 0 Å². The Morgan fingerprint density at radius 2 is 2.08 bits per heavy atom. The van der Waals surface area contributed by atoms with Crippen molar-refractivity contribution in [1.82, 2.24) is 20.1 Å². The van der Waals surface area contributed by atoms with Gasteiger partial charge in [-0.05, 0) is 45.4 Å². The first-order chi connectivity index (χ1) is 12.5. The molecular formula is C18H31N5O2S. The van der Waals surface area contributed by atoms with Gasteiger partial charge in [-0.2, -0.15) is 0 Å². The number of rotatable bonds is 7. The molecule has 3 rings (SSSR count). The van der Waals surface area contributed by atoms with E-state index in [0.717, 1.165) is 56.1 Å². The molecule has 1 unspecified atom stereocenters. The first-order valence-corrected chi connectivity index (χ1v) is 10.7. The Morgan fingerprint density at radius 3 is 2.73 bits per heavy atom. The SMILES string of the molecule is CC1CCN(c2nnc(SCC(=O)NC(C)C)n2CC2CCCO2)CC1. The van der Waals surface area contributed by atoms with Crippen LogP contribution in [0.3, 0.4) is 0 Å². The number of nitrogens with one attached hydrogen (secondary N) is 1. The maximum atomic E-state index is 12.0. The Kier molecular flexibility index (Phi) is 6.80. The normalized spacial score (nSPS) is 21.5. The fraction of sp³-hybridized carbons (Fsp3) is 0.833. The van der Waals surface area contributed by atoms with E-state index in [1.807, 2.05) is 13.8 Å². The Morgan fingerprint density at radius 1 is 1.31 bits per heavy atom. The van der Waals surface area contributed by atoms with E-state index >= 15 is 0 Å². The van der Waals surface area contributed by atoms with Gasteiger partial charge < -0.3 is 15.0 Å². The van der Waals surface area contributed by atoms with Crippen LogP contribution >= 0.6 is 11.8 Å². The van der Waals surface area contributed by atoms with E-state index < -0.39 is 0 Å². The molecule has 8 heteroatoms. The molecule has 26 heavy (non-hydrogen) atoms. The maximum Gasteiger partial charge on any atom is 0.230 e. The number of ether oxygens (including phenoxy) is 1. The number of carbonyl (C=O) groups excluding carboxylic acids is 1. The first-order valence-electron chi connectivity index (χ1n) is 9.75. The summed E-state index contributed by atoms with van der Waals surface area (Å²) in [5, 5.41) is 12.6. The third kappa shape index (κ3) is 5.13. The molecule has 0 saturated carbocycles. The summed E-state index contributed by atoms with van der Waals surface area (Å²) in [6, 6.07) is 0.152. The van der Waals surface area contributed by atoms with Gasteiger partial charge in [-0.3, -0.25) is 9.36 Å². The lowest BCUT2D eigenvalue weighted by atomic mass is 10.00. The van der Waals surface area contributed by atoms with Crippen LogP contribution in [0.1, 0.15) is 46.5 Å². The van der Waals surface area contributed by atoms with Crippen LogP contribution in [0.4, 0.5) is 5.95 Å². The van der Waals surface area contributed by atoms with Crippen LogP contribution in [-0.4, -0.2) is 58.3 Å². The number of hydrogen-bond acceptors (Lipinski definition) is 6. The van der Waals surface area contributed by atoms with E-state index in [1.54, 1.807) is 0 Å². The Labute approximate surface area is 160 Å². The topological polar surface area (TPSA) is 72.3 Å². The molecule has 1 aromatic rings. The van der Waals surface area contributed by atoms with Crippen molar-refractivity contribution in [3.63, 3.8) is 0 Å². The van der Waals surface area contributed by atoms with Crippen LogP contribution in [0.5, 0.6) is 0 Å². The zero-order valence-electron chi connectivity index (χ0n) is 16.1. The zero-order chi connectivity index (χ0) is 18.5. The minimum absolute atomic E-state index is 0.0324. The number of nitrogens with zero attached hydrogens (tertiary/aromatic N) is 4. The summed E-state index contributed by atoms with van der Waals surface area (Å²) in [6.45, 7) is 9.89. The van der Waals surface area contributed by atoms with E-state index in [0.29, 0.717) is 5.75 Å². The van der Waals surface area contributed by atoms with Crippen molar-refractivity contribution in [2.45, 2.75) is 70.3 Å². The molecule has 0 spiro atoms. The molecule has 7 nitrogen and oxygen atoms in total. The molecule has 2 aliphatic heterocycles. The summed E-state index contributed by atoms with van der Waals surface area (Å²) in [4.78, 5) is 14.3. The summed E-state index contributed by atoms with van der Waals surface area (Å²) < 4.78 is 8.00. The monoisotopic (exact) mass is 381 g/mol. The summed E-state index contributed by atoms with van der Waals surface area (Å²) in [6.07, 6.45) is 4.78. The lowest BCUT2D eigenvalue weighted by Gasteiger charge is -2.31. The van der Waals surface area contributed by atoms with Crippen LogP contribution in [0.2, 0.25) is 0 Å².